The van der Waals surface area contributed by atoms with E-state index >= 15 is 0 Å². The highest BCUT2D eigenvalue weighted by Gasteiger charge is 2.22. The Kier molecular flexibility index (Phi) is 4.21. The Hall–Kier alpha value is -0.410. The van der Waals surface area contributed by atoms with Crippen molar-refractivity contribution in [1.82, 2.24) is 10.3 Å². The number of nitrogens with zero attached hydrogens (tertiary/aromatic N) is 1. The maximum absolute atomic E-state index is 4.52. The van der Waals surface area contributed by atoms with Gasteiger partial charge in [-0.15, -0.1) is 11.3 Å². The first kappa shape index (κ1) is 13.0. The van der Waals surface area contributed by atoms with E-state index in [-0.39, 0.29) is 0 Å². The molecule has 1 aromatic heterocycles. The van der Waals surface area contributed by atoms with Crippen molar-refractivity contribution in [1.29, 1.82) is 0 Å². The van der Waals surface area contributed by atoms with Crippen molar-refractivity contribution in [3.8, 4) is 0 Å². The largest absolute Gasteiger partial charge is 0.307 e. The van der Waals surface area contributed by atoms with Gasteiger partial charge in [0.05, 0.1) is 10.7 Å². The second-order valence-corrected chi connectivity index (χ2v) is 6.77. The van der Waals surface area contributed by atoms with Gasteiger partial charge in [0.2, 0.25) is 0 Å². The van der Waals surface area contributed by atoms with Gasteiger partial charge in [-0.25, -0.2) is 4.98 Å². The maximum atomic E-state index is 4.52. The summed E-state index contributed by atoms with van der Waals surface area (Å²) in [4.78, 5) is 5.94. The lowest BCUT2D eigenvalue weighted by atomic mass is 9.87. The van der Waals surface area contributed by atoms with E-state index < -0.39 is 0 Å². The topological polar surface area (TPSA) is 24.9 Å². The van der Waals surface area contributed by atoms with Gasteiger partial charge in [0, 0.05) is 17.0 Å². The predicted molar refractivity (Wildman–Crippen MR) is 74.6 cm³/mol. The first-order valence-electron chi connectivity index (χ1n) is 6.76. The molecule has 96 valence electrons. The van der Waals surface area contributed by atoms with Crippen molar-refractivity contribution < 1.29 is 0 Å². The molecule has 1 fully saturated rings. The summed E-state index contributed by atoms with van der Waals surface area (Å²) in [5.41, 5.74) is 1.20. The highest BCUT2D eigenvalue weighted by atomic mass is 32.1. The number of hydrogen-bond acceptors (Lipinski definition) is 3. The van der Waals surface area contributed by atoms with E-state index in [0.29, 0.717) is 12.1 Å². The fourth-order valence-corrected chi connectivity index (χ4v) is 3.90. The second kappa shape index (κ2) is 5.49. The molecule has 2 nitrogen and oxygen atoms in total. The third-order valence-corrected chi connectivity index (χ3v) is 5.01. The number of aromatic nitrogens is 1. The van der Waals surface area contributed by atoms with Crippen LogP contribution in [-0.2, 0) is 0 Å². The van der Waals surface area contributed by atoms with Crippen LogP contribution < -0.4 is 5.32 Å². The van der Waals surface area contributed by atoms with Crippen LogP contribution in [0.1, 0.15) is 61.2 Å². The molecular formula is C14H24N2S. The minimum Gasteiger partial charge on any atom is -0.307 e. The fraction of sp³-hybridized carbons (Fsp3) is 0.786. The van der Waals surface area contributed by atoms with Crippen molar-refractivity contribution >= 4 is 11.3 Å². The van der Waals surface area contributed by atoms with Crippen LogP contribution in [0.5, 0.6) is 0 Å². The van der Waals surface area contributed by atoms with Crippen molar-refractivity contribution in [3.63, 3.8) is 0 Å². The van der Waals surface area contributed by atoms with Crippen LogP contribution in [-0.4, -0.2) is 11.0 Å². The number of hydrogen-bond donors (Lipinski definition) is 1. The van der Waals surface area contributed by atoms with Gasteiger partial charge >= 0.3 is 0 Å². The van der Waals surface area contributed by atoms with Crippen LogP contribution in [0.25, 0.3) is 0 Å². The highest BCUT2D eigenvalue weighted by Crippen LogP contribution is 2.28. The second-order valence-electron chi connectivity index (χ2n) is 5.54. The SMILES string of the molecule is Cc1nc(C)c(C(C)NC2CCCC(C)C2)s1. The average molecular weight is 252 g/mol. The van der Waals surface area contributed by atoms with Gasteiger partial charge in [-0.1, -0.05) is 19.8 Å². The molecule has 1 N–H and O–H groups in total. The molecule has 1 aromatic rings. The van der Waals surface area contributed by atoms with E-state index in [4.69, 9.17) is 0 Å². The molecule has 1 aliphatic carbocycles. The molecule has 17 heavy (non-hydrogen) atoms. The van der Waals surface area contributed by atoms with Crippen LogP contribution in [0.2, 0.25) is 0 Å². The van der Waals surface area contributed by atoms with Crippen LogP contribution in [0.4, 0.5) is 0 Å². The number of nitrogens with one attached hydrogen (secondary N) is 1. The standard InChI is InChI=1S/C14H24N2S/c1-9-6-5-7-13(8-9)16-11(3)14-10(2)15-12(4)17-14/h9,11,13,16H,5-8H2,1-4H3. The summed E-state index contributed by atoms with van der Waals surface area (Å²) >= 11 is 1.84. The quantitative estimate of drug-likeness (QED) is 0.880. The van der Waals surface area contributed by atoms with E-state index in [9.17, 15) is 0 Å². The van der Waals surface area contributed by atoms with Crippen LogP contribution in [0.3, 0.4) is 0 Å². The molecule has 0 saturated heterocycles. The summed E-state index contributed by atoms with van der Waals surface area (Å²) in [6.07, 6.45) is 5.46. The molecule has 0 spiro atoms. The van der Waals surface area contributed by atoms with Crippen LogP contribution in [0.15, 0.2) is 0 Å². The molecule has 3 unspecified atom stereocenters. The summed E-state index contributed by atoms with van der Waals surface area (Å²) in [7, 11) is 0. The van der Waals surface area contributed by atoms with E-state index in [2.05, 4.69) is 38.0 Å². The van der Waals surface area contributed by atoms with Gasteiger partial charge in [-0.05, 0) is 39.5 Å². The molecule has 0 amide bonds. The van der Waals surface area contributed by atoms with Crippen molar-refractivity contribution in [3.05, 3.63) is 15.6 Å². The zero-order valence-corrected chi connectivity index (χ0v) is 12.2. The summed E-state index contributed by atoms with van der Waals surface area (Å²) in [5.74, 6) is 0.887. The van der Waals surface area contributed by atoms with Crippen LogP contribution >= 0.6 is 11.3 Å². The molecule has 2 rings (SSSR count). The molecule has 0 aromatic carbocycles. The van der Waals surface area contributed by atoms with E-state index in [1.165, 1.54) is 41.3 Å². The van der Waals surface area contributed by atoms with Gasteiger partial charge in [-0.3, -0.25) is 0 Å². The van der Waals surface area contributed by atoms with Gasteiger partial charge in [-0.2, -0.15) is 0 Å². The van der Waals surface area contributed by atoms with Crippen molar-refractivity contribution in [2.75, 3.05) is 0 Å². The summed E-state index contributed by atoms with van der Waals surface area (Å²) in [6, 6.07) is 1.16. The van der Waals surface area contributed by atoms with E-state index in [0.717, 1.165) is 5.92 Å². The molecule has 0 aliphatic heterocycles. The van der Waals surface area contributed by atoms with E-state index in [1.807, 2.05) is 11.3 Å². The maximum Gasteiger partial charge on any atom is 0.0900 e. The first-order chi connectivity index (χ1) is 8.06. The molecule has 1 aliphatic rings. The van der Waals surface area contributed by atoms with Gasteiger partial charge in [0.1, 0.15) is 0 Å². The Balaban J connectivity index is 1.96. The zero-order chi connectivity index (χ0) is 12.4. The van der Waals surface area contributed by atoms with Crippen LogP contribution in [0, 0.1) is 19.8 Å². The third-order valence-electron chi connectivity index (χ3n) is 3.75. The molecule has 1 heterocycles. The van der Waals surface area contributed by atoms with Gasteiger partial charge in [0.15, 0.2) is 0 Å². The lowest BCUT2D eigenvalue weighted by Gasteiger charge is -2.30. The molecule has 0 radical (unpaired) electrons. The van der Waals surface area contributed by atoms with Crippen molar-refractivity contribution in [2.45, 2.75) is 65.5 Å². The van der Waals surface area contributed by atoms with Gasteiger partial charge in [0.25, 0.3) is 0 Å². The third kappa shape index (κ3) is 3.29. The van der Waals surface area contributed by atoms with E-state index in [1.54, 1.807) is 0 Å². The molecule has 0 bridgehead atoms. The minimum atomic E-state index is 0.455. The number of aryl methyl sites for hydroxylation is 2. The fourth-order valence-electron chi connectivity index (χ4n) is 2.96. The molecule has 3 heteroatoms. The summed E-state index contributed by atoms with van der Waals surface area (Å²) in [6.45, 7) is 8.87. The molecule has 1 saturated carbocycles. The summed E-state index contributed by atoms with van der Waals surface area (Å²) < 4.78 is 0. The lowest BCUT2D eigenvalue weighted by molar-refractivity contribution is 0.286. The monoisotopic (exact) mass is 252 g/mol. The Morgan fingerprint density at radius 2 is 2.12 bits per heavy atom. The number of thiazole rings is 1. The summed E-state index contributed by atoms with van der Waals surface area (Å²) in [5, 5.41) is 4.97. The molecule has 3 atom stereocenters. The molecular weight excluding hydrogens is 228 g/mol. The Morgan fingerprint density at radius 1 is 1.35 bits per heavy atom. The smallest absolute Gasteiger partial charge is 0.0900 e. The Morgan fingerprint density at radius 3 is 2.71 bits per heavy atom. The lowest BCUT2D eigenvalue weighted by Crippen LogP contribution is -2.35. The zero-order valence-electron chi connectivity index (χ0n) is 11.4. The normalized spacial score (nSPS) is 27.1. The first-order valence-corrected chi connectivity index (χ1v) is 7.58. The number of rotatable bonds is 3. The Labute approximate surface area is 109 Å². The predicted octanol–water partition coefficient (Wildman–Crippen LogP) is 3.99. The Bertz CT molecular complexity index is 372. The van der Waals surface area contributed by atoms with Gasteiger partial charge < -0.3 is 5.32 Å². The average Bonchev–Trinajstić information content (AvgIpc) is 2.58. The minimum absolute atomic E-state index is 0.455. The highest BCUT2D eigenvalue weighted by molar-refractivity contribution is 7.11. The van der Waals surface area contributed by atoms with Crippen molar-refractivity contribution in [2.24, 2.45) is 5.92 Å².